The zero-order chi connectivity index (χ0) is 71.4. The normalized spacial score (nSPS) is 19.1. The molecular formula is C69H111N5O19. The van der Waals surface area contributed by atoms with Crippen molar-refractivity contribution >= 4 is 47.5 Å². The van der Waals surface area contributed by atoms with Gasteiger partial charge in [0.1, 0.15) is 0 Å². The number of phenols is 4. The van der Waals surface area contributed by atoms with Crippen LogP contribution in [0.4, 0.5) is 0 Å². The van der Waals surface area contributed by atoms with Crippen LogP contribution in [0.15, 0.2) is 36.4 Å². The molecule has 1 aliphatic rings. The van der Waals surface area contributed by atoms with E-state index in [4.69, 9.17) is 19.9 Å². The van der Waals surface area contributed by atoms with Gasteiger partial charge in [-0.1, -0.05) is 81.4 Å². The van der Waals surface area contributed by atoms with Crippen LogP contribution in [-0.4, -0.2) is 168 Å². The van der Waals surface area contributed by atoms with Crippen LogP contribution in [0.3, 0.4) is 0 Å². The van der Waals surface area contributed by atoms with E-state index in [-0.39, 0.29) is 57.3 Å². The van der Waals surface area contributed by atoms with E-state index in [1.807, 2.05) is 27.7 Å². The average Bonchev–Trinajstić information content (AvgIpc) is 1.59. The number of nitrogens with one attached hydrogen (secondary N) is 3. The first-order valence-electron chi connectivity index (χ1n) is 32.3. The van der Waals surface area contributed by atoms with E-state index in [9.17, 15) is 69.6 Å². The van der Waals surface area contributed by atoms with E-state index in [1.165, 1.54) is 90.8 Å². The summed E-state index contributed by atoms with van der Waals surface area (Å²) in [6.45, 7) is 28.0. The van der Waals surface area contributed by atoms with E-state index in [1.54, 1.807) is 47.6 Å². The number of carbonyl (C=O) groups is 8. The maximum absolute atomic E-state index is 16.2. The number of carboxylic acids is 4. The summed E-state index contributed by atoms with van der Waals surface area (Å²) in [5, 5.41) is 94.8. The van der Waals surface area contributed by atoms with Gasteiger partial charge in [-0.3, -0.25) is 38.4 Å². The van der Waals surface area contributed by atoms with Gasteiger partial charge in [-0.2, -0.15) is 0 Å². The standard InChI is InChI=1S/C69H111N5O19/c1-19-67(15,27-29-70)92-38-64(9,10)73-61(90)66(13,14)53(60(88)89)63(7,8)36-45(58(84)85)51(55(80)72-31-26-42-22-24-47(76)49(78)34-42)69(17)37-44(56(81)74(69)65(11,12)39-93-68(16,20-2)28-32-91-18)52(59(86)87)62(5,6)35-43(57(82)83)50(40(3)4)54(79)71-30-25-41-21-23-46(75)48(77)33-41/h21-24,33-34,40,43-45,50-53,75-78H,19-20,25-32,35-39,70H2,1-18H3,(H,71,79)(H,72,80)(H,73,90)(H,82,83)(H,84,85)(H,86,87)(H,88,89). The number of hydrogen-bond donors (Lipinski definition) is 12. The number of benzene rings is 2. The lowest BCUT2D eigenvalue weighted by molar-refractivity contribution is -0.169. The number of ether oxygens (including phenoxy) is 3. The van der Waals surface area contributed by atoms with Crippen LogP contribution in [0, 0.1) is 63.6 Å². The lowest BCUT2D eigenvalue weighted by Gasteiger charge is -2.52. The molecule has 1 aliphatic heterocycles. The second-order valence-electron chi connectivity index (χ2n) is 30.0. The molecule has 10 unspecified atom stereocenters. The van der Waals surface area contributed by atoms with Gasteiger partial charge in [-0.15, -0.1) is 0 Å². The van der Waals surface area contributed by atoms with Crippen LogP contribution in [-0.2, 0) is 65.4 Å². The Morgan fingerprint density at radius 1 is 0.656 bits per heavy atom. The topological polar surface area (TPSA) is 391 Å². The van der Waals surface area contributed by atoms with Gasteiger partial charge < -0.3 is 81.6 Å². The molecule has 2 aromatic rings. The summed E-state index contributed by atoms with van der Waals surface area (Å²) in [5.74, 6) is -23.1. The van der Waals surface area contributed by atoms with Crippen molar-refractivity contribution in [1.29, 1.82) is 0 Å². The Morgan fingerprint density at radius 3 is 1.56 bits per heavy atom. The summed E-state index contributed by atoms with van der Waals surface area (Å²) >= 11 is 0. The summed E-state index contributed by atoms with van der Waals surface area (Å²) in [6.07, 6.45) is 0.513. The van der Waals surface area contributed by atoms with Crippen LogP contribution >= 0.6 is 0 Å². The molecule has 24 heteroatoms. The number of amides is 4. The number of likely N-dealkylation sites (tertiary alicyclic amines) is 1. The monoisotopic (exact) mass is 1310 g/mol. The number of nitrogens with two attached hydrogens (primary N) is 1. The number of hydrogen-bond acceptors (Lipinski definition) is 16. The lowest BCUT2D eigenvalue weighted by Crippen LogP contribution is -2.65. The zero-order valence-corrected chi connectivity index (χ0v) is 58.3. The minimum absolute atomic E-state index is 0.00893. The molecule has 24 nitrogen and oxygen atoms in total. The van der Waals surface area contributed by atoms with Gasteiger partial charge in [0.25, 0.3) is 0 Å². The van der Waals surface area contributed by atoms with E-state index >= 15 is 9.59 Å². The molecule has 1 fully saturated rings. The van der Waals surface area contributed by atoms with E-state index in [0.717, 1.165) is 0 Å². The molecule has 0 bridgehead atoms. The molecule has 4 amide bonds. The molecule has 13 N–H and O–H groups in total. The molecule has 0 aromatic heterocycles. The van der Waals surface area contributed by atoms with E-state index in [2.05, 4.69) is 16.0 Å². The predicted octanol–water partition coefficient (Wildman–Crippen LogP) is 8.11. The maximum Gasteiger partial charge on any atom is 0.308 e. The second-order valence-corrected chi connectivity index (χ2v) is 30.0. The predicted molar refractivity (Wildman–Crippen MR) is 349 cm³/mol. The molecular weight excluding hydrogens is 1200 g/mol. The van der Waals surface area contributed by atoms with Crippen LogP contribution < -0.4 is 21.7 Å². The molecule has 3 rings (SSSR count). The smallest absolute Gasteiger partial charge is 0.308 e. The van der Waals surface area contributed by atoms with Crippen LogP contribution in [0.5, 0.6) is 23.0 Å². The number of methoxy groups -OCH3 is 1. The minimum Gasteiger partial charge on any atom is -0.504 e. The fraction of sp³-hybridized carbons (Fsp3) is 0.710. The van der Waals surface area contributed by atoms with Crippen molar-refractivity contribution in [2.24, 2.45) is 69.3 Å². The summed E-state index contributed by atoms with van der Waals surface area (Å²) < 4.78 is 18.4. The highest BCUT2D eigenvalue weighted by Crippen LogP contribution is 2.55. The van der Waals surface area contributed by atoms with Gasteiger partial charge in [0, 0.05) is 26.8 Å². The zero-order valence-electron chi connectivity index (χ0n) is 58.3. The molecule has 0 spiro atoms. The highest BCUT2D eigenvalue weighted by atomic mass is 16.5. The van der Waals surface area contributed by atoms with Crippen molar-refractivity contribution in [3.05, 3.63) is 47.5 Å². The molecule has 10 atom stereocenters. The third-order valence-corrected chi connectivity index (χ3v) is 19.6. The van der Waals surface area contributed by atoms with Gasteiger partial charge in [-0.25, -0.2) is 0 Å². The second kappa shape index (κ2) is 32.1. The fourth-order valence-electron chi connectivity index (χ4n) is 14.2. The van der Waals surface area contributed by atoms with Gasteiger partial charge in [0.15, 0.2) is 23.0 Å². The molecule has 0 saturated carbocycles. The molecule has 1 heterocycles. The Hall–Kier alpha value is -6.76. The van der Waals surface area contributed by atoms with Gasteiger partial charge in [0.05, 0.1) is 87.9 Å². The largest absolute Gasteiger partial charge is 0.504 e. The highest BCUT2D eigenvalue weighted by Gasteiger charge is 2.65. The number of phenolic OH excluding ortho intramolecular Hbond substituents is 4. The van der Waals surface area contributed by atoms with Gasteiger partial charge >= 0.3 is 23.9 Å². The Balaban J connectivity index is 2.40. The van der Waals surface area contributed by atoms with E-state index in [0.29, 0.717) is 43.4 Å². The summed E-state index contributed by atoms with van der Waals surface area (Å²) in [5.41, 5.74) is -4.48. The van der Waals surface area contributed by atoms with E-state index < -0.39 is 170 Å². The maximum atomic E-state index is 16.2. The molecule has 0 aliphatic carbocycles. The number of aromatic hydroxyl groups is 4. The molecule has 526 valence electrons. The summed E-state index contributed by atoms with van der Waals surface area (Å²) in [7, 11) is 1.53. The van der Waals surface area contributed by atoms with Crippen molar-refractivity contribution in [2.75, 3.05) is 46.6 Å². The van der Waals surface area contributed by atoms with Crippen molar-refractivity contribution < 1.29 is 93.4 Å². The third kappa shape index (κ3) is 20.4. The van der Waals surface area contributed by atoms with Crippen LogP contribution in [0.25, 0.3) is 0 Å². The summed E-state index contributed by atoms with van der Waals surface area (Å²) in [6, 6.07) is 8.17. The fourth-order valence-corrected chi connectivity index (χ4v) is 14.2. The Morgan fingerprint density at radius 2 is 1.13 bits per heavy atom. The Kier molecular flexibility index (Phi) is 27.8. The molecule has 2 aromatic carbocycles. The minimum atomic E-state index is -2.04. The molecule has 1 saturated heterocycles. The van der Waals surface area contributed by atoms with Crippen LogP contribution in [0.2, 0.25) is 0 Å². The first-order valence-corrected chi connectivity index (χ1v) is 32.3. The lowest BCUT2D eigenvalue weighted by atomic mass is 9.58. The first kappa shape index (κ1) is 80.5. The van der Waals surface area contributed by atoms with Gasteiger partial charge in [0.2, 0.25) is 23.6 Å². The molecule has 0 radical (unpaired) electrons. The Labute approximate surface area is 549 Å². The summed E-state index contributed by atoms with van der Waals surface area (Å²) in [4.78, 5) is 119. The van der Waals surface area contributed by atoms with Crippen molar-refractivity contribution in [3.63, 3.8) is 0 Å². The first-order chi connectivity index (χ1) is 42.7. The highest BCUT2D eigenvalue weighted by molar-refractivity contribution is 5.93. The SMILES string of the molecule is CCC(C)(CCN)OCC(C)(C)NC(=O)C(C)(C)C(C(=O)O)C(C)(C)CC(C(=O)O)C(C(=O)NCCc1ccc(O)c(O)c1)C1(C)CC(C(C(=O)O)C(C)(C)CC(C(=O)O)C(C(=O)NCCc2ccc(O)c(O)c2)C(C)C)C(=O)N1C(C)(C)COC(C)(CC)CCOC. The number of carbonyl (C=O) groups excluding carboxylic acids is 4. The van der Waals surface area contributed by atoms with Crippen molar-refractivity contribution in [3.8, 4) is 23.0 Å². The number of rotatable bonds is 40. The number of aliphatic carboxylic acids is 4. The van der Waals surface area contributed by atoms with Crippen molar-refractivity contribution in [1.82, 2.24) is 20.9 Å². The average molecular weight is 1310 g/mol. The Bertz CT molecular complexity index is 2940. The van der Waals surface area contributed by atoms with Gasteiger partial charge in [-0.05, 0) is 165 Å². The number of carboxylic acid groups (broad SMARTS) is 4. The van der Waals surface area contributed by atoms with Crippen LogP contribution in [0.1, 0.15) is 174 Å². The quantitative estimate of drug-likeness (QED) is 0.0280. The number of nitrogens with zero attached hydrogens (tertiary/aromatic N) is 1. The molecule has 93 heavy (non-hydrogen) atoms. The third-order valence-electron chi connectivity index (χ3n) is 19.6. The van der Waals surface area contributed by atoms with Crippen molar-refractivity contribution in [2.45, 2.75) is 203 Å².